The molecular formula is C28H30F2N2O5S. The molecule has 1 aliphatic heterocycles. The summed E-state index contributed by atoms with van der Waals surface area (Å²) in [6.45, 7) is 6.35. The molecule has 202 valence electrons. The number of amides is 1. The average Bonchev–Trinajstić information content (AvgIpc) is 2.87. The standard InChI is InChI=1S/C28H30F2N2O5S/c1-17(2)18-6-5-7-22(12-18)38(35,36)32-16-21(15-31-27(33)28(3,4)34)37-26-11-8-19(13-25(26)32)23-14-20(29)9-10-24(23)30/h5-14,17,21,34H,15-16H2,1-4H3,(H,31,33). The highest BCUT2D eigenvalue weighted by atomic mass is 32.2. The van der Waals surface area contributed by atoms with Crippen LogP contribution in [0.3, 0.4) is 0 Å². The van der Waals surface area contributed by atoms with Gasteiger partial charge in [0.15, 0.2) is 0 Å². The van der Waals surface area contributed by atoms with E-state index in [4.69, 9.17) is 4.74 Å². The van der Waals surface area contributed by atoms with E-state index in [1.54, 1.807) is 12.1 Å². The number of ether oxygens (including phenoxy) is 1. The summed E-state index contributed by atoms with van der Waals surface area (Å²) in [4.78, 5) is 12.3. The SMILES string of the molecule is CC(C)c1cccc(S(=O)(=O)N2CC(CNC(=O)C(C)(C)O)Oc3ccc(-c4cc(F)ccc4F)cc32)c1. The lowest BCUT2D eigenvalue weighted by atomic mass is 10.0. The fraction of sp³-hybridized carbons (Fsp3) is 0.321. The molecule has 0 radical (unpaired) electrons. The maximum Gasteiger partial charge on any atom is 0.264 e. The number of benzene rings is 3. The second kappa shape index (κ2) is 10.3. The van der Waals surface area contributed by atoms with Gasteiger partial charge < -0.3 is 15.2 Å². The van der Waals surface area contributed by atoms with Gasteiger partial charge in [0.1, 0.15) is 29.1 Å². The summed E-state index contributed by atoms with van der Waals surface area (Å²) in [6.07, 6.45) is -0.784. The molecule has 2 N–H and O–H groups in total. The maximum atomic E-state index is 14.5. The first-order valence-electron chi connectivity index (χ1n) is 12.2. The molecule has 1 aliphatic rings. The number of nitrogens with zero attached hydrogens (tertiary/aromatic N) is 1. The van der Waals surface area contributed by atoms with Crippen LogP contribution in [0, 0.1) is 11.6 Å². The summed E-state index contributed by atoms with van der Waals surface area (Å²) >= 11 is 0. The Morgan fingerprint density at radius 3 is 2.55 bits per heavy atom. The minimum absolute atomic E-state index is 0.0217. The molecule has 1 atom stereocenters. The Morgan fingerprint density at radius 1 is 1.13 bits per heavy atom. The molecule has 0 bridgehead atoms. The van der Waals surface area contributed by atoms with Gasteiger partial charge in [-0.25, -0.2) is 17.2 Å². The van der Waals surface area contributed by atoms with Gasteiger partial charge in [0.2, 0.25) is 0 Å². The maximum absolute atomic E-state index is 14.5. The zero-order valence-corrected chi connectivity index (χ0v) is 22.4. The Morgan fingerprint density at radius 2 is 1.87 bits per heavy atom. The fourth-order valence-electron chi connectivity index (χ4n) is 4.12. The highest BCUT2D eigenvalue weighted by Gasteiger charge is 2.36. The predicted octanol–water partition coefficient (Wildman–Crippen LogP) is 4.60. The number of halogens is 2. The predicted molar refractivity (Wildman–Crippen MR) is 141 cm³/mol. The molecule has 4 rings (SSSR count). The molecule has 0 saturated carbocycles. The van der Waals surface area contributed by atoms with Gasteiger partial charge in [0.05, 0.1) is 23.7 Å². The Bertz CT molecular complexity index is 1470. The number of nitrogens with one attached hydrogen (secondary N) is 1. The molecular weight excluding hydrogens is 514 g/mol. The van der Waals surface area contributed by atoms with E-state index >= 15 is 0 Å². The largest absolute Gasteiger partial charge is 0.484 e. The highest BCUT2D eigenvalue weighted by molar-refractivity contribution is 7.92. The molecule has 0 aromatic heterocycles. The molecule has 0 spiro atoms. The molecule has 38 heavy (non-hydrogen) atoms. The highest BCUT2D eigenvalue weighted by Crippen LogP contribution is 2.40. The lowest BCUT2D eigenvalue weighted by molar-refractivity contribution is -0.136. The zero-order valence-electron chi connectivity index (χ0n) is 21.5. The monoisotopic (exact) mass is 544 g/mol. The number of aliphatic hydroxyl groups is 1. The quantitative estimate of drug-likeness (QED) is 0.453. The van der Waals surface area contributed by atoms with Gasteiger partial charge in [0.25, 0.3) is 15.9 Å². The molecule has 3 aromatic carbocycles. The third-order valence-electron chi connectivity index (χ3n) is 6.29. The summed E-state index contributed by atoms with van der Waals surface area (Å²) in [5.41, 5.74) is -0.379. The number of carbonyl (C=O) groups excluding carboxylic acids is 1. The van der Waals surface area contributed by atoms with Gasteiger partial charge in [-0.1, -0.05) is 32.0 Å². The van der Waals surface area contributed by atoms with E-state index in [2.05, 4.69) is 5.32 Å². The van der Waals surface area contributed by atoms with Crippen LogP contribution in [0.1, 0.15) is 39.2 Å². The number of carbonyl (C=O) groups is 1. The van der Waals surface area contributed by atoms with E-state index in [0.717, 1.165) is 28.1 Å². The van der Waals surface area contributed by atoms with Crippen LogP contribution in [0.15, 0.2) is 65.6 Å². The lowest BCUT2D eigenvalue weighted by Crippen LogP contribution is -2.51. The van der Waals surface area contributed by atoms with Gasteiger partial charge >= 0.3 is 0 Å². The smallest absolute Gasteiger partial charge is 0.264 e. The number of hydrogen-bond donors (Lipinski definition) is 2. The van der Waals surface area contributed by atoms with Crippen LogP contribution in [-0.2, 0) is 14.8 Å². The van der Waals surface area contributed by atoms with Gasteiger partial charge in [0, 0.05) is 5.56 Å². The van der Waals surface area contributed by atoms with Crippen LogP contribution in [-0.4, -0.2) is 44.2 Å². The summed E-state index contributed by atoms with van der Waals surface area (Å²) < 4.78 is 63.5. The molecule has 3 aromatic rings. The van der Waals surface area contributed by atoms with E-state index < -0.39 is 39.3 Å². The van der Waals surface area contributed by atoms with Crippen LogP contribution >= 0.6 is 0 Å². The average molecular weight is 545 g/mol. The van der Waals surface area contributed by atoms with Gasteiger partial charge in [-0.2, -0.15) is 0 Å². The van der Waals surface area contributed by atoms with Crippen molar-refractivity contribution in [1.82, 2.24) is 5.32 Å². The first-order valence-corrected chi connectivity index (χ1v) is 13.6. The van der Waals surface area contributed by atoms with Gasteiger partial charge in [-0.05, 0) is 73.4 Å². The number of anilines is 1. The third kappa shape index (κ3) is 5.66. The minimum atomic E-state index is -4.13. The van der Waals surface area contributed by atoms with Crippen molar-refractivity contribution in [1.29, 1.82) is 0 Å². The molecule has 0 saturated heterocycles. The van der Waals surface area contributed by atoms with Crippen molar-refractivity contribution in [3.63, 3.8) is 0 Å². The molecule has 1 amide bonds. The van der Waals surface area contributed by atoms with E-state index in [0.29, 0.717) is 0 Å². The summed E-state index contributed by atoms with van der Waals surface area (Å²) in [7, 11) is -4.13. The molecule has 0 aliphatic carbocycles. The van der Waals surface area contributed by atoms with E-state index in [-0.39, 0.29) is 46.5 Å². The van der Waals surface area contributed by atoms with Crippen LogP contribution in [0.25, 0.3) is 11.1 Å². The first-order chi connectivity index (χ1) is 17.8. The number of fused-ring (bicyclic) bond motifs is 1. The number of hydrogen-bond acceptors (Lipinski definition) is 5. The topological polar surface area (TPSA) is 95.9 Å². The van der Waals surface area contributed by atoms with E-state index in [1.807, 2.05) is 19.9 Å². The number of sulfonamides is 1. The normalized spacial score (nSPS) is 15.7. The van der Waals surface area contributed by atoms with Crippen LogP contribution in [0.4, 0.5) is 14.5 Å². The molecule has 1 heterocycles. The van der Waals surface area contributed by atoms with Crippen molar-refractivity contribution in [3.8, 4) is 16.9 Å². The first kappa shape index (κ1) is 27.5. The third-order valence-corrected chi connectivity index (χ3v) is 8.06. The van der Waals surface area contributed by atoms with Crippen molar-refractivity contribution >= 4 is 21.6 Å². The molecule has 0 fully saturated rings. The Kier molecular flexibility index (Phi) is 7.49. The Labute approximate surface area is 221 Å². The summed E-state index contributed by atoms with van der Waals surface area (Å²) in [5.74, 6) is -1.64. The fourth-order valence-corrected chi connectivity index (χ4v) is 5.67. The number of rotatable bonds is 7. The van der Waals surface area contributed by atoms with Crippen molar-refractivity contribution in [2.24, 2.45) is 0 Å². The van der Waals surface area contributed by atoms with Crippen molar-refractivity contribution in [2.45, 2.75) is 50.2 Å². The molecule has 1 unspecified atom stereocenters. The zero-order chi connectivity index (χ0) is 27.8. The Hall–Kier alpha value is -3.50. The van der Waals surface area contributed by atoms with Crippen LogP contribution < -0.4 is 14.4 Å². The molecule has 10 heteroatoms. The van der Waals surface area contributed by atoms with Crippen LogP contribution in [0.2, 0.25) is 0 Å². The molecule has 7 nitrogen and oxygen atoms in total. The summed E-state index contributed by atoms with van der Waals surface area (Å²) in [6, 6.07) is 14.1. The van der Waals surface area contributed by atoms with Gasteiger partial charge in [-0.15, -0.1) is 0 Å². The van der Waals surface area contributed by atoms with Crippen molar-refractivity contribution in [2.75, 3.05) is 17.4 Å². The second-order valence-corrected chi connectivity index (χ2v) is 11.9. The summed E-state index contributed by atoms with van der Waals surface area (Å²) in [5, 5.41) is 12.5. The van der Waals surface area contributed by atoms with E-state index in [9.17, 15) is 27.1 Å². The van der Waals surface area contributed by atoms with Gasteiger partial charge in [-0.3, -0.25) is 9.10 Å². The van der Waals surface area contributed by atoms with Crippen LogP contribution in [0.5, 0.6) is 5.75 Å². The van der Waals surface area contributed by atoms with Crippen molar-refractivity contribution < 1.29 is 31.8 Å². The van der Waals surface area contributed by atoms with Crippen molar-refractivity contribution in [3.05, 3.63) is 77.9 Å². The second-order valence-electron chi connectivity index (χ2n) is 10.1. The minimum Gasteiger partial charge on any atom is -0.484 e. The lowest BCUT2D eigenvalue weighted by Gasteiger charge is -2.36. The van der Waals surface area contributed by atoms with E-state index in [1.165, 1.54) is 38.1 Å². The Balaban J connectivity index is 1.78.